The van der Waals surface area contributed by atoms with Crippen LogP contribution in [0.15, 0.2) is 43.0 Å². The third-order valence-corrected chi connectivity index (χ3v) is 2.41. The van der Waals surface area contributed by atoms with E-state index < -0.39 is 0 Å². The molecule has 1 aromatic carbocycles. The van der Waals surface area contributed by atoms with Gasteiger partial charge in [-0.15, -0.1) is 6.58 Å². The first-order valence-corrected chi connectivity index (χ1v) is 4.88. The van der Waals surface area contributed by atoms with Gasteiger partial charge in [-0.2, -0.15) is 0 Å². The average Bonchev–Trinajstić information content (AvgIpc) is 2.15. The minimum atomic E-state index is 0.218. The molecular formula is C10H14OSi. The van der Waals surface area contributed by atoms with Gasteiger partial charge in [0.1, 0.15) is 10.5 Å². The second-order valence-corrected chi connectivity index (χ2v) is 3.13. The van der Waals surface area contributed by atoms with Gasteiger partial charge < -0.3 is 4.43 Å². The van der Waals surface area contributed by atoms with Crippen LogP contribution in [0.1, 0.15) is 18.1 Å². The van der Waals surface area contributed by atoms with Crippen molar-refractivity contribution in [2.24, 2.45) is 0 Å². The third kappa shape index (κ3) is 2.32. The molecule has 12 heavy (non-hydrogen) atoms. The fourth-order valence-electron chi connectivity index (χ4n) is 1.19. The summed E-state index contributed by atoms with van der Waals surface area (Å²) in [5, 5.41) is 0. The lowest BCUT2D eigenvalue weighted by atomic mass is 10.1. The maximum atomic E-state index is 5.44. The van der Waals surface area contributed by atoms with Crippen LogP contribution < -0.4 is 0 Å². The van der Waals surface area contributed by atoms with Gasteiger partial charge >= 0.3 is 0 Å². The van der Waals surface area contributed by atoms with Crippen molar-refractivity contribution in [1.29, 1.82) is 0 Å². The van der Waals surface area contributed by atoms with Crippen LogP contribution in [-0.2, 0) is 4.43 Å². The lowest BCUT2D eigenvalue weighted by molar-refractivity contribution is 0.231. The molecule has 1 nitrogen and oxygen atoms in total. The largest absolute Gasteiger partial charge is 0.421 e. The molecule has 0 saturated heterocycles. The Morgan fingerprint density at radius 1 is 1.42 bits per heavy atom. The molecule has 0 aliphatic carbocycles. The van der Waals surface area contributed by atoms with Crippen LogP contribution >= 0.6 is 0 Å². The summed E-state index contributed by atoms with van der Waals surface area (Å²) in [4.78, 5) is 0. The van der Waals surface area contributed by atoms with E-state index in [1.807, 2.05) is 24.3 Å². The fraction of sp³-hybridized carbons (Fsp3) is 0.200. The maximum Gasteiger partial charge on any atom is 0.146 e. The number of hydrogen-bond acceptors (Lipinski definition) is 1. The van der Waals surface area contributed by atoms with Gasteiger partial charge in [-0.3, -0.25) is 0 Å². The molecule has 0 radical (unpaired) electrons. The Labute approximate surface area is 76.6 Å². The highest BCUT2D eigenvalue weighted by Crippen LogP contribution is 2.19. The second-order valence-electron chi connectivity index (χ2n) is 2.66. The molecule has 0 amide bonds. The summed E-state index contributed by atoms with van der Waals surface area (Å²) in [7, 11) is 0.773. The van der Waals surface area contributed by atoms with Crippen LogP contribution in [-0.4, -0.2) is 10.5 Å². The smallest absolute Gasteiger partial charge is 0.146 e. The standard InChI is InChI=1S/C10H14OSi/c1-2-6-10(11-12)9-7-4-3-5-8-9/h2-5,7-8,10H,1,6H2,12H3. The SMILES string of the molecule is C=CCC(O[SiH3])c1ccccc1. The Kier molecular flexibility index (Phi) is 3.77. The van der Waals surface area contributed by atoms with E-state index in [9.17, 15) is 0 Å². The van der Waals surface area contributed by atoms with Crippen molar-refractivity contribution >= 4 is 10.5 Å². The van der Waals surface area contributed by atoms with E-state index in [0.717, 1.165) is 16.9 Å². The van der Waals surface area contributed by atoms with E-state index in [-0.39, 0.29) is 6.10 Å². The van der Waals surface area contributed by atoms with E-state index in [2.05, 4.69) is 18.7 Å². The van der Waals surface area contributed by atoms with Gasteiger partial charge in [0.25, 0.3) is 0 Å². The van der Waals surface area contributed by atoms with E-state index in [4.69, 9.17) is 4.43 Å². The highest BCUT2D eigenvalue weighted by Gasteiger charge is 2.05. The lowest BCUT2D eigenvalue weighted by Crippen LogP contribution is -2.00. The number of benzene rings is 1. The van der Waals surface area contributed by atoms with Gasteiger partial charge in [0.2, 0.25) is 0 Å². The molecule has 0 saturated carbocycles. The molecule has 1 rings (SSSR count). The van der Waals surface area contributed by atoms with Crippen LogP contribution in [0.5, 0.6) is 0 Å². The predicted octanol–water partition coefficient (Wildman–Crippen LogP) is 1.60. The zero-order chi connectivity index (χ0) is 8.81. The number of rotatable bonds is 4. The minimum Gasteiger partial charge on any atom is -0.421 e. The first-order valence-electron chi connectivity index (χ1n) is 4.07. The molecule has 1 unspecified atom stereocenters. The Morgan fingerprint density at radius 2 is 2.08 bits per heavy atom. The Bertz CT molecular complexity index is 233. The van der Waals surface area contributed by atoms with Gasteiger partial charge in [0.05, 0.1) is 6.10 Å². The van der Waals surface area contributed by atoms with Crippen LogP contribution in [0.3, 0.4) is 0 Å². The molecule has 0 bridgehead atoms. The van der Waals surface area contributed by atoms with Crippen molar-refractivity contribution in [3.8, 4) is 0 Å². The zero-order valence-electron chi connectivity index (χ0n) is 7.36. The van der Waals surface area contributed by atoms with Crippen molar-refractivity contribution in [3.63, 3.8) is 0 Å². The molecule has 1 aromatic rings. The van der Waals surface area contributed by atoms with Crippen molar-refractivity contribution in [1.82, 2.24) is 0 Å². The molecule has 0 aromatic heterocycles. The summed E-state index contributed by atoms with van der Waals surface area (Å²) in [6.07, 6.45) is 3.01. The highest BCUT2D eigenvalue weighted by molar-refractivity contribution is 5.98. The molecule has 0 spiro atoms. The summed E-state index contributed by atoms with van der Waals surface area (Å²) in [5.74, 6) is 0. The predicted molar refractivity (Wildman–Crippen MR) is 55.0 cm³/mol. The van der Waals surface area contributed by atoms with Crippen LogP contribution in [0.4, 0.5) is 0 Å². The van der Waals surface area contributed by atoms with Gasteiger partial charge in [0.15, 0.2) is 0 Å². The lowest BCUT2D eigenvalue weighted by Gasteiger charge is -2.13. The first-order chi connectivity index (χ1) is 5.88. The molecule has 0 aliphatic rings. The van der Waals surface area contributed by atoms with Gasteiger partial charge in [0, 0.05) is 0 Å². The second kappa shape index (κ2) is 4.90. The average molecular weight is 178 g/mol. The minimum absolute atomic E-state index is 0.218. The van der Waals surface area contributed by atoms with Crippen molar-refractivity contribution in [2.75, 3.05) is 0 Å². The van der Waals surface area contributed by atoms with E-state index >= 15 is 0 Å². The molecule has 0 fully saturated rings. The van der Waals surface area contributed by atoms with Crippen LogP contribution in [0, 0.1) is 0 Å². The molecule has 0 heterocycles. The topological polar surface area (TPSA) is 9.23 Å². The fourth-order valence-corrected chi connectivity index (χ4v) is 1.65. The molecular weight excluding hydrogens is 164 g/mol. The van der Waals surface area contributed by atoms with Gasteiger partial charge in [-0.1, -0.05) is 36.4 Å². The third-order valence-electron chi connectivity index (χ3n) is 1.84. The summed E-state index contributed by atoms with van der Waals surface area (Å²) in [6, 6.07) is 10.3. The van der Waals surface area contributed by atoms with Gasteiger partial charge in [-0.25, -0.2) is 0 Å². The monoisotopic (exact) mass is 178 g/mol. The summed E-state index contributed by atoms with van der Waals surface area (Å²) >= 11 is 0. The summed E-state index contributed by atoms with van der Waals surface area (Å²) < 4.78 is 5.44. The molecule has 2 heteroatoms. The molecule has 0 N–H and O–H groups in total. The van der Waals surface area contributed by atoms with E-state index in [1.54, 1.807) is 0 Å². The Morgan fingerprint density at radius 3 is 2.58 bits per heavy atom. The normalized spacial score (nSPS) is 12.7. The van der Waals surface area contributed by atoms with Crippen molar-refractivity contribution in [2.45, 2.75) is 12.5 Å². The van der Waals surface area contributed by atoms with Crippen molar-refractivity contribution < 1.29 is 4.43 Å². The van der Waals surface area contributed by atoms with E-state index in [0.29, 0.717) is 0 Å². The van der Waals surface area contributed by atoms with Gasteiger partial charge in [-0.05, 0) is 12.0 Å². The van der Waals surface area contributed by atoms with Crippen LogP contribution in [0.25, 0.3) is 0 Å². The van der Waals surface area contributed by atoms with Crippen LogP contribution in [0.2, 0.25) is 0 Å². The zero-order valence-corrected chi connectivity index (χ0v) is 9.36. The maximum absolute atomic E-state index is 5.44. The first kappa shape index (κ1) is 9.23. The van der Waals surface area contributed by atoms with E-state index in [1.165, 1.54) is 5.56 Å². The molecule has 0 aliphatic heterocycles. The summed E-state index contributed by atoms with van der Waals surface area (Å²) in [5.41, 5.74) is 1.24. The quantitative estimate of drug-likeness (QED) is 0.503. The summed E-state index contributed by atoms with van der Waals surface area (Å²) in [6.45, 7) is 3.71. The Hall–Kier alpha value is -0.863. The van der Waals surface area contributed by atoms with Crippen molar-refractivity contribution in [3.05, 3.63) is 48.6 Å². The highest BCUT2D eigenvalue weighted by atomic mass is 28.2. The Balaban J connectivity index is 2.72. The molecule has 64 valence electrons. The molecule has 1 atom stereocenters. The number of hydrogen-bond donors (Lipinski definition) is 0.